The molecule has 0 unspecified atom stereocenters. The molecule has 2 aliphatic rings. The molecule has 0 aliphatic carbocycles. The van der Waals surface area contributed by atoms with Crippen LogP contribution in [-0.4, -0.2) is 47.8 Å². The highest BCUT2D eigenvalue weighted by molar-refractivity contribution is 5.37. The Balaban J connectivity index is 1.31. The van der Waals surface area contributed by atoms with Crippen LogP contribution < -0.4 is 10.1 Å². The molecule has 0 spiro atoms. The number of rotatable bonds is 6. The van der Waals surface area contributed by atoms with Gasteiger partial charge in [0.2, 0.25) is 5.95 Å². The lowest BCUT2D eigenvalue weighted by Crippen LogP contribution is -2.30. The summed E-state index contributed by atoms with van der Waals surface area (Å²) in [5.74, 6) is 1.62. The fourth-order valence-corrected chi connectivity index (χ4v) is 3.65. The second kappa shape index (κ2) is 8.01. The number of nitrogens with zero attached hydrogens (tertiary/aromatic N) is 3. The lowest BCUT2D eigenvalue weighted by molar-refractivity contribution is 0.120. The normalized spacial score (nSPS) is 20.0. The quantitative estimate of drug-likeness (QED) is 0.861. The smallest absolute Gasteiger partial charge is 0.222 e. The summed E-state index contributed by atoms with van der Waals surface area (Å²) in [7, 11) is 1.72. The zero-order valence-corrected chi connectivity index (χ0v) is 15.3. The molecule has 0 saturated carbocycles. The summed E-state index contributed by atoms with van der Waals surface area (Å²) >= 11 is 0. The first-order valence-corrected chi connectivity index (χ1v) is 9.35. The van der Waals surface area contributed by atoms with E-state index in [4.69, 9.17) is 9.47 Å². The van der Waals surface area contributed by atoms with Gasteiger partial charge in [-0.2, -0.15) is 0 Å². The molecule has 2 aromatic rings. The Morgan fingerprint density at radius 1 is 1.27 bits per heavy atom. The summed E-state index contributed by atoms with van der Waals surface area (Å²) < 4.78 is 10.9. The Hall–Kier alpha value is -2.18. The summed E-state index contributed by atoms with van der Waals surface area (Å²) in [4.78, 5) is 11.3. The minimum atomic E-state index is 0.297. The molecule has 1 aromatic carbocycles. The number of hydrogen-bond donors (Lipinski definition) is 1. The molecule has 138 valence electrons. The third kappa shape index (κ3) is 4.14. The maximum atomic E-state index is 5.61. The van der Waals surface area contributed by atoms with Crippen molar-refractivity contribution in [1.82, 2.24) is 14.9 Å². The first kappa shape index (κ1) is 17.2. The first-order valence-electron chi connectivity index (χ1n) is 9.35. The monoisotopic (exact) mass is 354 g/mol. The van der Waals surface area contributed by atoms with E-state index in [0.717, 1.165) is 63.4 Å². The van der Waals surface area contributed by atoms with E-state index in [0.29, 0.717) is 12.1 Å². The average molecular weight is 354 g/mol. The highest BCUT2D eigenvalue weighted by Crippen LogP contribution is 2.24. The second-order valence-corrected chi connectivity index (χ2v) is 7.03. The number of nitrogens with one attached hydrogen (secondary N) is 1. The minimum Gasteiger partial charge on any atom is -0.497 e. The van der Waals surface area contributed by atoms with Crippen molar-refractivity contribution < 1.29 is 9.47 Å². The van der Waals surface area contributed by atoms with Gasteiger partial charge in [0.15, 0.2) is 0 Å². The first-order chi connectivity index (χ1) is 12.8. The predicted octanol–water partition coefficient (Wildman–Crippen LogP) is 2.63. The standard InChI is InChI=1S/C20H26N4O2/c1-25-18-5-4-17-14-24(7-6-16(17)9-18)13-15-10-21-20(22-11-15)23-12-19-3-2-8-26-19/h4-5,9-11,19H,2-3,6-8,12-14H2,1H3,(H,21,22,23)/t19-/m0/s1. The molecule has 26 heavy (non-hydrogen) atoms. The predicted molar refractivity (Wildman–Crippen MR) is 100 cm³/mol. The highest BCUT2D eigenvalue weighted by Gasteiger charge is 2.18. The van der Waals surface area contributed by atoms with Gasteiger partial charge in [-0.05, 0) is 42.5 Å². The lowest BCUT2D eigenvalue weighted by atomic mass is 9.99. The molecular formula is C20H26N4O2. The Labute approximate surface area is 154 Å². The average Bonchev–Trinajstić information content (AvgIpc) is 3.21. The highest BCUT2D eigenvalue weighted by atomic mass is 16.5. The van der Waals surface area contributed by atoms with Crippen LogP contribution in [0.25, 0.3) is 0 Å². The largest absolute Gasteiger partial charge is 0.497 e. The SMILES string of the molecule is COc1ccc2c(c1)CCN(Cc1cnc(NC[C@@H]3CCCO3)nc1)C2. The molecule has 6 nitrogen and oxygen atoms in total. The van der Waals surface area contributed by atoms with Crippen LogP contribution in [0.3, 0.4) is 0 Å². The van der Waals surface area contributed by atoms with E-state index in [2.05, 4.69) is 32.3 Å². The second-order valence-electron chi connectivity index (χ2n) is 7.03. The van der Waals surface area contributed by atoms with Crippen LogP contribution in [0.2, 0.25) is 0 Å². The molecule has 0 bridgehead atoms. The molecule has 0 amide bonds. The molecule has 1 saturated heterocycles. The van der Waals surface area contributed by atoms with Crippen LogP contribution in [0.1, 0.15) is 29.5 Å². The van der Waals surface area contributed by atoms with Crippen LogP contribution in [0, 0.1) is 0 Å². The van der Waals surface area contributed by atoms with E-state index in [1.54, 1.807) is 7.11 Å². The van der Waals surface area contributed by atoms with Gasteiger partial charge in [0.05, 0.1) is 13.2 Å². The van der Waals surface area contributed by atoms with Gasteiger partial charge < -0.3 is 14.8 Å². The summed E-state index contributed by atoms with van der Waals surface area (Å²) in [5.41, 5.74) is 3.92. The molecule has 2 aliphatic heterocycles. The Bertz CT molecular complexity index is 729. The zero-order valence-electron chi connectivity index (χ0n) is 15.3. The van der Waals surface area contributed by atoms with Crippen LogP contribution in [0.15, 0.2) is 30.6 Å². The molecule has 0 radical (unpaired) electrons. The Morgan fingerprint density at radius 2 is 2.15 bits per heavy atom. The van der Waals surface area contributed by atoms with Crippen molar-refractivity contribution in [3.05, 3.63) is 47.3 Å². The number of hydrogen-bond acceptors (Lipinski definition) is 6. The van der Waals surface area contributed by atoms with Gasteiger partial charge in [-0.3, -0.25) is 4.90 Å². The van der Waals surface area contributed by atoms with E-state index in [1.165, 1.54) is 11.1 Å². The maximum absolute atomic E-state index is 5.61. The van der Waals surface area contributed by atoms with E-state index in [-0.39, 0.29) is 0 Å². The molecule has 1 N–H and O–H groups in total. The molecule has 6 heteroatoms. The molecule has 1 aromatic heterocycles. The third-order valence-corrected chi connectivity index (χ3v) is 5.13. The number of aromatic nitrogens is 2. The van der Waals surface area contributed by atoms with Crippen LogP contribution in [0.5, 0.6) is 5.75 Å². The van der Waals surface area contributed by atoms with Gasteiger partial charge in [0.25, 0.3) is 0 Å². The summed E-state index contributed by atoms with van der Waals surface area (Å²) in [6.45, 7) is 4.53. The summed E-state index contributed by atoms with van der Waals surface area (Å²) in [6.07, 6.45) is 7.47. The maximum Gasteiger partial charge on any atom is 0.222 e. The molecular weight excluding hydrogens is 328 g/mol. The Kier molecular flexibility index (Phi) is 5.32. The van der Waals surface area contributed by atoms with Gasteiger partial charge in [-0.1, -0.05) is 6.07 Å². The molecule has 1 fully saturated rings. The van der Waals surface area contributed by atoms with E-state index < -0.39 is 0 Å². The lowest BCUT2D eigenvalue weighted by Gasteiger charge is -2.28. The summed E-state index contributed by atoms with van der Waals surface area (Å²) in [6, 6.07) is 6.37. The number of anilines is 1. The van der Waals surface area contributed by atoms with Crippen molar-refractivity contribution in [2.75, 3.05) is 32.1 Å². The van der Waals surface area contributed by atoms with Crippen LogP contribution in [0.4, 0.5) is 5.95 Å². The van der Waals surface area contributed by atoms with Crippen molar-refractivity contribution >= 4 is 5.95 Å². The fraction of sp³-hybridized carbons (Fsp3) is 0.500. The topological polar surface area (TPSA) is 59.5 Å². The number of fused-ring (bicyclic) bond motifs is 1. The third-order valence-electron chi connectivity index (χ3n) is 5.13. The minimum absolute atomic E-state index is 0.297. The van der Waals surface area contributed by atoms with E-state index in [1.807, 2.05) is 18.5 Å². The molecule has 3 heterocycles. The van der Waals surface area contributed by atoms with E-state index >= 15 is 0 Å². The van der Waals surface area contributed by atoms with Gasteiger partial charge in [0, 0.05) is 50.7 Å². The summed E-state index contributed by atoms with van der Waals surface area (Å²) in [5, 5.41) is 3.27. The Morgan fingerprint density at radius 3 is 2.92 bits per heavy atom. The van der Waals surface area contributed by atoms with Crippen molar-refractivity contribution in [3.63, 3.8) is 0 Å². The fourth-order valence-electron chi connectivity index (χ4n) is 3.65. The zero-order chi connectivity index (χ0) is 17.8. The number of ether oxygens (including phenoxy) is 2. The van der Waals surface area contributed by atoms with Crippen LogP contribution >= 0.6 is 0 Å². The number of methoxy groups -OCH3 is 1. The van der Waals surface area contributed by atoms with Crippen molar-refractivity contribution in [1.29, 1.82) is 0 Å². The van der Waals surface area contributed by atoms with Crippen molar-refractivity contribution in [3.8, 4) is 5.75 Å². The van der Waals surface area contributed by atoms with Crippen molar-refractivity contribution in [2.45, 2.75) is 38.5 Å². The van der Waals surface area contributed by atoms with Gasteiger partial charge >= 0.3 is 0 Å². The number of benzene rings is 1. The van der Waals surface area contributed by atoms with Crippen LogP contribution in [-0.2, 0) is 24.2 Å². The van der Waals surface area contributed by atoms with Crippen molar-refractivity contribution in [2.24, 2.45) is 0 Å². The van der Waals surface area contributed by atoms with Gasteiger partial charge in [0.1, 0.15) is 5.75 Å². The molecule has 4 rings (SSSR count). The molecule has 1 atom stereocenters. The van der Waals surface area contributed by atoms with E-state index in [9.17, 15) is 0 Å². The van der Waals surface area contributed by atoms with Gasteiger partial charge in [-0.25, -0.2) is 9.97 Å². The van der Waals surface area contributed by atoms with Gasteiger partial charge in [-0.15, -0.1) is 0 Å².